The summed E-state index contributed by atoms with van der Waals surface area (Å²) in [4.78, 5) is 7.42. The molecule has 2 N–H and O–H groups in total. The van der Waals surface area contributed by atoms with Crippen LogP contribution in [0.1, 0.15) is 5.56 Å². The van der Waals surface area contributed by atoms with Crippen molar-refractivity contribution in [1.29, 1.82) is 0 Å². The predicted octanol–water partition coefficient (Wildman–Crippen LogP) is 0.721. The third-order valence-electron chi connectivity index (χ3n) is 1.65. The summed E-state index contributed by atoms with van der Waals surface area (Å²) in [6.07, 6.45) is 4.42. The molecule has 0 aliphatic carbocycles. The molecule has 1 aromatic heterocycles. The predicted molar refractivity (Wildman–Crippen MR) is 60.1 cm³/mol. The van der Waals surface area contributed by atoms with Gasteiger partial charge in [0.25, 0.3) is 0 Å². The fourth-order valence-electron chi connectivity index (χ4n) is 0.976. The van der Waals surface area contributed by atoms with E-state index in [0.29, 0.717) is 10.9 Å². The van der Waals surface area contributed by atoms with Crippen LogP contribution in [0.4, 0.5) is 4.39 Å². The van der Waals surface area contributed by atoms with Gasteiger partial charge in [0.2, 0.25) is 5.95 Å². The average Bonchev–Trinajstić information content (AvgIpc) is 2.19. The summed E-state index contributed by atoms with van der Waals surface area (Å²) in [5.41, 5.74) is 6.85. The highest BCUT2D eigenvalue weighted by Crippen LogP contribution is 2.10. The summed E-state index contributed by atoms with van der Waals surface area (Å²) in [6, 6.07) is 1.65. The van der Waals surface area contributed by atoms with E-state index in [9.17, 15) is 4.39 Å². The number of hydrogen-bond donors (Lipinski definition) is 1. The highest BCUT2D eigenvalue weighted by molar-refractivity contribution is 7.27. The molecule has 0 amide bonds. The third kappa shape index (κ3) is 2.36. The van der Waals surface area contributed by atoms with Crippen molar-refractivity contribution in [3.63, 3.8) is 0 Å². The summed E-state index contributed by atoms with van der Waals surface area (Å²) in [6.45, 7) is 0. The van der Waals surface area contributed by atoms with E-state index in [-0.39, 0.29) is 0 Å². The molecule has 0 saturated carbocycles. The van der Waals surface area contributed by atoms with Gasteiger partial charge in [-0.05, 0) is 6.07 Å². The topological polar surface area (TPSA) is 51.3 Å². The first kappa shape index (κ1) is 10.8. The standard InChI is InChI=1S/C9H11FN3P/c1-12-4-7(3-11)6-2-8(14)9(10)13-5-6/h2-5H,11,14H2,1H3. The van der Waals surface area contributed by atoms with Gasteiger partial charge in [-0.2, -0.15) is 4.39 Å². The zero-order valence-electron chi connectivity index (χ0n) is 7.74. The van der Waals surface area contributed by atoms with E-state index in [2.05, 4.69) is 19.2 Å². The van der Waals surface area contributed by atoms with Gasteiger partial charge >= 0.3 is 0 Å². The van der Waals surface area contributed by atoms with E-state index in [0.717, 1.165) is 5.56 Å². The Morgan fingerprint density at radius 1 is 1.71 bits per heavy atom. The number of pyridine rings is 1. The molecule has 5 heteroatoms. The molecule has 0 fully saturated rings. The molecule has 74 valence electrons. The molecule has 0 saturated heterocycles. The van der Waals surface area contributed by atoms with Crippen molar-refractivity contribution in [3.05, 3.63) is 30.0 Å². The van der Waals surface area contributed by atoms with Crippen molar-refractivity contribution < 1.29 is 4.39 Å². The van der Waals surface area contributed by atoms with Crippen molar-refractivity contribution in [2.24, 2.45) is 10.7 Å². The van der Waals surface area contributed by atoms with Crippen LogP contribution in [0, 0.1) is 5.95 Å². The normalized spacial score (nSPS) is 12.4. The van der Waals surface area contributed by atoms with Gasteiger partial charge in [0.15, 0.2) is 0 Å². The second-order valence-corrected chi connectivity index (χ2v) is 3.24. The summed E-state index contributed by atoms with van der Waals surface area (Å²) in [5.74, 6) is -0.497. The number of allylic oxidation sites excluding steroid dienone is 1. The second-order valence-electron chi connectivity index (χ2n) is 2.61. The molecule has 3 nitrogen and oxygen atoms in total. The lowest BCUT2D eigenvalue weighted by Crippen LogP contribution is -2.04. The van der Waals surface area contributed by atoms with Gasteiger partial charge in [0, 0.05) is 42.1 Å². The van der Waals surface area contributed by atoms with Crippen molar-refractivity contribution in [1.82, 2.24) is 4.98 Å². The summed E-state index contributed by atoms with van der Waals surface area (Å²) in [7, 11) is 3.91. The van der Waals surface area contributed by atoms with Crippen LogP contribution in [-0.4, -0.2) is 18.2 Å². The Morgan fingerprint density at radius 3 is 2.93 bits per heavy atom. The minimum Gasteiger partial charge on any atom is -0.404 e. The molecule has 0 bridgehead atoms. The lowest BCUT2D eigenvalue weighted by Gasteiger charge is -2.02. The Morgan fingerprint density at radius 2 is 2.43 bits per heavy atom. The number of halogens is 1. The fourth-order valence-corrected chi connectivity index (χ4v) is 1.23. The molecule has 14 heavy (non-hydrogen) atoms. The van der Waals surface area contributed by atoms with Gasteiger partial charge < -0.3 is 5.73 Å². The Hall–Kier alpha value is -1.28. The highest BCUT2D eigenvalue weighted by Gasteiger charge is 2.03. The Kier molecular flexibility index (Phi) is 3.72. The van der Waals surface area contributed by atoms with E-state index in [1.54, 1.807) is 19.3 Å². The number of nitrogens with two attached hydrogens (primary N) is 1. The number of hydrogen-bond acceptors (Lipinski definition) is 3. The third-order valence-corrected chi connectivity index (χ3v) is 2.05. The molecule has 0 aromatic carbocycles. The summed E-state index contributed by atoms with van der Waals surface area (Å²) in [5, 5.41) is 0.409. The second kappa shape index (κ2) is 4.82. The maximum absolute atomic E-state index is 12.8. The van der Waals surface area contributed by atoms with Crippen LogP contribution in [0.5, 0.6) is 0 Å². The van der Waals surface area contributed by atoms with Gasteiger partial charge in [0.05, 0.1) is 0 Å². The minimum absolute atomic E-state index is 0.409. The first-order chi connectivity index (χ1) is 6.69. The molecule has 0 aliphatic rings. The lowest BCUT2D eigenvalue weighted by molar-refractivity contribution is 0.593. The zero-order valence-corrected chi connectivity index (χ0v) is 8.89. The maximum atomic E-state index is 12.8. The minimum atomic E-state index is -0.497. The van der Waals surface area contributed by atoms with Crippen LogP contribution in [0.25, 0.3) is 5.57 Å². The molecule has 0 aliphatic heterocycles. The molecule has 1 aromatic rings. The summed E-state index contributed by atoms with van der Waals surface area (Å²) < 4.78 is 12.8. The van der Waals surface area contributed by atoms with Crippen LogP contribution < -0.4 is 11.0 Å². The van der Waals surface area contributed by atoms with E-state index in [1.807, 2.05) is 0 Å². The van der Waals surface area contributed by atoms with Crippen LogP contribution in [-0.2, 0) is 0 Å². The average molecular weight is 211 g/mol. The van der Waals surface area contributed by atoms with Gasteiger partial charge in [0.1, 0.15) is 0 Å². The molecular formula is C9H11FN3P. The van der Waals surface area contributed by atoms with Crippen LogP contribution in [0.15, 0.2) is 23.5 Å². The fraction of sp³-hybridized carbons (Fsp3) is 0.111. The Bertz CT molecular complexity index is 388. The Balaban J connectivity index is 3.13. The van der Waals surface area contributed by atoms with Crippen LogP contribution in [0.3, 0.4) is 0 Å². The molecule has 1 unspecified atom stereocenters. The van der Waals surface area contributed by atoms with E-state index < -0.39 is 5.95 Å². The number of aliphatic imine (C=N–C) groups is 1. The summed E-state index contributed by atoms with van der Waals surface area (Å²) >= 11 is 0. The number of aromatic nitrogens is 1. The van der Waals surface area contributed by atoms with E-state index in [1.165, 1.54) is 12.4 Å². The monoisotopic (exact) mass is 211 g/mol. The molecule has 1 rings (SSSR count). The van der Waals surface area contributed by atoms with Gasteiger partial charge in [-0.3, -0.25) is 4.99 Å². The van der Waals surface area contributed by atoms with Crippen molar-refractivity contribution >= 4 is 26.3 Å². The highest BCUT2D eigenvalue weighted by atomic mass is 31.0. The molecule has 1 atom stereocenters. The molecule has 1 heterocycles. The zero-order chi connectivity index (χ0) is 10.6. The first-order valence-corrected chi connectivity index (χ1v) is 4.52. The molecule has 0 spiro atoms. The van der Waals surface area contributed by atoms with Crippen LogP contribution in [0.2, 0.25) is 0 Å². The molecule has 0 radical (unpaired) electrons. The van der Waals surface area contributed by atoms with E-state index >= 15 is 0 Å². The van der Waals surface area contributed by atoms with Crippen LogP contribution >= 0.6 is 9.24 Å². The number of nitrogens with zero attached hydrogens (tertiary/aromatic N) is 2. The first-order valence-electron chi connectivity index (χ1n) is 3.94. The molecular weight excluding hydrogens is 200 g/mol. The van der Waals surface area contributed by atoms with Crippen molar-refractivity contribution in [3.8, 4) is 0 Å². The Labute approximate surface area is 84.2 Å². The lowest BCUT2D eigenvalue weighted by atomic mass is 10.1. The van der Waals surface area contributed by atoms with Crippen molar-refractivity contribution in [2.75, 3.05) is 7.05 Å². The van der Waals surface area contributed by atoms with E-state index in [4.69, 9.17) is 5.73 Å². The number of rotatable bonds is 2. The quantitative estimate of drug-likeness (QED) is 0.445. The SMILES string of the molecule is CN=CC(=CN)c1cnc(F)c(P)c1. The van der Waals surface area contributed by atoms with Crippen molar-refractivity contribution in [2.45, 2.75) is 0 Å². The smallest absolute Gasteiger partial charge is 0.220 e. The largest absolute Gasteiger partial charge is 0.404 e. The van der Waals surface area contributed by atoms with Gasteiger partial charge in [-0.1, -0.05) is 0 Å². The van der Waals surface area contributed by atoms with Gasteiger partial charge in [-0.15, -0.1) is 9.24 Å². The van der Waals surface area contributed by atoms with Gasteiger partial charge in [-0.25, -0.2) is 4.98 Å². The maximum Gasteiger partial charge on any atom is 0.220 e.